The van der Waals surface area contributed by atoms with Crippen molar-refractivity contribution in [2.75, 3.05) is 25.1 Å². The molecule has 0 spiro atoms. The van der Waals surface area contributed by atoms with Gasteiger partial charge < -0.3 is 15.4 Å². The first kappa shape index (κ1) is 19.5. The third kappa shape index (κ3) is 4.74. The van der Waals surface area contributed by atoms with Crippen molar-refractivity contribution in [2.45, 2.75) is 25.2 Å². The maximum Gasteiger partial charge on any atom is 0.171 e. The van der Waals surface area contributed by atoms with Crippen LogP contribution in [0.1, 0.15) is 24.0 Å². The fourth-order valence-corrected chi connectivity index (χ4v) is 3.67. The average molecular weight is 455 g/mol. The molecule has 1 saturated heterocycles. The first-order chi connectivity index (χ1) is 12.5. The van der Waals surface area contributed by atoms with E-state index >= 15 is 0 Å². The molecule has 3 rings (SSSR count). The maximum absolute atomic E-state index is 6.06. The molecular formula is C19H21BrClN3OS. The molecule has 1 aliphatic rings. The summed E-state index contributed by atoms with van der Waals surface area (Å²) in [7, 11) is 0. The highest BCUT2D eigenvalue weighted by atomic mass is 79.9. The Hall–Kier alpha value is -1.21. The van der Waals surface area contributed by atoms with E-state index in [0.717, 1.165) is 53.5 Å². The number of pyridine rings is 1. The van der Waals surface area contributed by atoms with E-state index in [-0.39, 0.29) is 5.41 Å². The van der Waals surface area contributed by atoms with Crippen molar-refractivity contribution in [1.29, 1.82) is 0 Å². The predicted molar refractivity (Wildman–Crippen MR) is 114 cm³/mol. The lowest BCUT2D eigenvalue weighted by Crippen LogP contribution is -2.45. The zero-order chi connectivity index (χ0) is 18.6. The summed E-state index contributed by atoms with van der Waals surface area (Å²) in [5, 5.41) is 7.85. The van der Waals surface area contributed by atoms with Crippen LogP contribution in [0.3, 0.4) is 0 Å². The number of aromatic nitrogens is 1. The zero-order valence-corrected chi connectivity index (χ0v) is 17.7. The van der Waals surface area contributed by atoms with Crippen LogP contribution in [-0.4, -0.2) is 29.9 Å². The number of nitrogens with one attached hydrogen (secondary N) is 2. The number of hydrogen-bond donors (Lipinski definition) is 2. The van der Waals surface area contributed by atoms with Crippen molar-refractivity contribution in [2.24, 2.45) is 0 Å². The number of rotatable bonds is 4. The molecule has 0 bridgehead atoms. The van der Waals surface area contributed by atoms with Crippen LogP contribution in [0.2, 0.25) is 5.02 Å². The van der Waals surface area contributed by atoms with Crippen molar-refractivity contribution >= 4 is 50.7 Å². The molecule has 1 aromatic carbocycles. The molecule has 7 heteroatoms. The summed E-state index contributed by atoms with van der Waals surface area (Å²) in [5.41, 5.74) is 2.35. The van der Waals surface area contributed by atoms with Crippen LogP contribution in [-0.2, 0) is 10.2 Å². The number of halogens is 2. The topological polar surface area (TPSA) is 46.2 Å². The third-order valence-corrected chi connectivity index (χ3v) is 6.11. The molecule has 2 heterocycles. The Morgan fingerprint density at radius 2 is 2.00 bits per heavy atom. The van der Waals surface area contributed by atoms with Crippen molar-refractivity contribution in [3.63, 3.8) is 0 Å². The van der Waals surface area contributed by atoms with E-state index in [9.17, 15) is 0 Å². The van der Waals surface area contributed by atoms with Gasteiger partial charge in [0.2, 0.25) is 0 Å². The third-order valence-electron chi connectivity index (χ3n) is 4.78. The van der Waals surface area contributed by atoms with Gasteiger partial charge >= 0.3 is 0 Å². The monoisotopic (exact) mass is 453 g/mol. The van der Waals surface area contributed by atoms with Crippen LogP contribution >= 0.6 is 39.7 Å². The quantitative estimate of drug-likeness (QED) is 0.647. The van der Waals surface area contributed by atoms with Crippen LogP contribution in [0.25, 0.3) is 0 Å². The lowest BCUT2D eigenvalue weighted by Gasteiger charge is -2.38. The molecule has 138 valence electrons. The lowest BCUT2D eigenvalue weighted by atomic mass is 9.74. The van der Waals surface area contributed by atoms with Crippen LogP contribution in [0, 0.1) is 6.92 Å². The second kappa shape index (κ2) is 8.65. The molecule has 0 unspecified atom stereocenters. The van der Waals surface area contributed by atoms with Gasteiger partial charge in [-0.05, 0) is 77.2 Å². The summed E-state index contributed by atoms with van der Waals surface area (Å²) in [6.07, 6.45) is 3.66. The molecular weight excluding hydrogens is 434 g/mol. The van der Waals surface area contributed by atoms with Crippen molar-refractivity contribution < 1.29 is 4.74 Å². The zero-order valence-electron chi connectivity index (χ0n) is 14.5. The number of thiocarbonyl (C=S) groups is 1. The first-order valence-corrected chi connectivity index (χ1v) is 10.1. The molecule has 2 aromatic rings. The molecule has 2 N–H and O–H groups in total. The highest BCUT2D eigenvalue weighted by Crippen LogP contribution is 2.35. The lowest BCUT2D eigenvalue weighted by molar-refractivity contribution is 0.0515. The van der Waals surface area contributed by atoms with E-state index in [0.29, 0.717) is 5.11 Å². The number of nitrogens with zero attached hydrogens (tertiary/aromatic N) is 1. The standard InChI is InChI=1S/C19H21BrClN3OS/c1-13-10-17(22-11-16(13)20)24-18(26)23-12-19(6-8-25-9-7-19)14-2-4-15(21)5-3-14/h2-5,10-11H,6-9,12H2,1H3,(H2,22,23,24,26). The minimum absolute atomic E-state index is 0.0162. The van der Waals surface area contributed by atoms with Gasteiger partial charge in [-0.1, -0.05) is 23.7 Å². The average Bonchev–Trinajstić information content (AvgIpc) is 2.64. The molecule has 0 atom stereocenters. The molecule has 4 nitrogen and oxygen atoms in total. The van der Waals surface area contributed by atoms with E-state index in [1.165, 1.54) is 5.56 Å². The minimum Gasteiger partial charge on any atom is -0.381 e. The van der Waals surface area contributed by atoms with Gasteiger partial charge in [-0.3, -0.25) is 0 Å². The smallest absolute Gasteiger partial charge is 0.171 e. The van der Waals surface area contributed by atoms with E-state index in [4.69, 9.17) is 28.6 Å². The van der Waals surface area contributed by atoms with Gasteiger partial charge in [0, 0.05) is 40.9 Å². The Balaban J connectivity index is 1.68. The number of aryl methyl sites for hydroxylation is 1. The minimum atomic E-state index is -0.0162. The number of anilines is 1. The fourth-order valence-electron chi connectivity index (χ4n) is 3.15. The second-order valence-corrected chi connectivity index (χ2v) is 8.23. The van der Waals surface area contributed by atoms with Gasteiger partial charge in [0.05, 0.1) is 0 Å². The summed E-state index contributed by atoms with van der Waals surface area (Å²) in [6.45, 7) is 4.25. The Bertz CT molecular complexity index is 779. The number of ether oxygens (including phenoxy) is 1. The predicted octanol–water partition coefficient (Wildman–Crippen LogP) is 4.84. The van der Waals surface area contributed by atoms with E-state index in [1.807, 2.05) is 25.1 Å². The molecule has 1 aliphatic heterocycles. The Labute approximate surface area is 172 Å². The van der Waals surface area contributed by atoms with E-state index in [1.54, 1.807) is 6.20 Å². The van der Waals surface area contributed by atoms with Crippen LogP contribution in [0.4, 0.5) is 5.82 Å². The first-order valence-electron chi connectivity index (χ1n) is 8.49. The molecule has 0 amide bonds. The van der Waals surface area contributed by atoms with Gasteiger partial charge in [-0.2, -0.15) is 0 Å². The summed E-state index contributed by atoms with van der Waals surface area (Å²) in [6, 6.07) is 10.1. The Kier molecular flexibility index (Phi) is 6.51. The highest BCUT2D eigenvalue weighted by Gasteiger charge is 2.34. The largest absolute Gasteiger partial charge is 0.381 e. The van der Waals surface area contributed by atoms with Gasteiger partial charge in [0.25, 0.3) is 0 Å². The van der Waals surface area contributed by atoms with E-state index in [2.05, 4.69) is 43.7 Å². The van der Waals surface area contributed by atoms with Gasteiger partial charge in [-0.25, -0.2) is 4.98 Å². The molecule has 0 saturated carbocycles. The van der Waals surface area contributed by atoms with Crippen LogP contribution in [0.5, 0.6) is 0 Å². The second-order valence-electron chi connectivity index (χ2n) is 6.53. The Morgan fingerprint density at radius 1 is 1.31 bits per heavy atom. The van der Waals surface area contributed by atoms with Gasteiger partial charge in [0.15, 0.2) is 5.11 Å². The maximum atomic E-state index is 6.06. The molecule has 0 radical (unpaired) electrons. The summed E-state index contributed by atoms with van der Waals surface area (Å²) < 4.78 is 6.56. The van der Waals surface area contributed by atoms with Gasteiger partial charge in [0.1, 0.15) is 5.82 Å². The van der Waals surface area contributed by atoms with Crippen molar-refractivity contribution in [3.05, 3.63) is 57.2 Å². The summed E-state index contributed by atoms with van der Waals surface area (Å²) >= 11 is 15.0. The summed E-state index contributed by atoms with van der Waals surface area (Å²) in [5.74, 6) is 0.732. The molecule has 0 aliphatic carbocycles. The van der Waals surface area contributed by atoms with Gasteiger partial charge in [-0.15, -0.1) is 0 Å². The Morgan fingerprint density at radius 3 is 2.65 bits per heavy atom. The number of hydrogen-bond acceptors (Lipinski definition) is 3. The highest BCUT2D eigenvalue weighted by molar-refractivity contribution is 9.10. The van der Waals surface area contributed by atoms with Crippen LogP contribution in [0.15, 0.2) is 41.0 Å². The molecule has 1 aromatic heterocycles. The van der Waals surface area contributed by atoms with E-state index < -0.39 is 0 Å². The van der Waals surface area contributed by atoms with Crippen molar-refractivity contribution in [3.8, 4) is 0 Å². The van der Waals surface area contributed by atoms with Crippen molar-refractivity contribution in [1.82, 2.24) is 10.3 Å². The summed E-state index contributed by atoms with van der Waals surface area (Å²) in [4.78, 5) is 4.34. The molecule has 26 heavy (non-hydrogen) atoms. The normalized spacial score (nSPS) is 16.1. The SMILES string of the molecule is Cc1cc(NC(=S)NCC2(c3ccc(Cl)cc3)CCOCC2)ncc1Br. The number of benzene rings is 1. The molecule has 1 fully saturated rings. The van der Waals surface area contributed by atoms with Crippen LogP contribution < -0.4 is 10.6 Å². The fraction of sp³-hybridized carbons (Fsp3) is 0.368.